The van der Waals surface area contributed by atoms with Gasteiger partial charge in [0, 0.05) is 5.56 Å². The summed E-state index contributed by atoms with van der Waals surface area (Å²) < 4.78 is 0. The van der Waals surface area contributed by atoms with Gasteiger partial charge in [-0.2, -0.15) is 0 Å². The topological polar surface area (TPSA) is 52.6 Å². The molecular weight excluding hydrogens is 338 g/mol. The molecule has 4 aromatic rings. The highest BCUT2D eigenvalue weighted by molar-refractivity contribution is 6.02. The van der Waals surface area contributed by atoms with Crippen LogP contribution in [-0.2, 0) is 4.84 Å². The number of carbonyl (C=O) groups is 1. The van der Waals surface area contributed by atoms with Crippen LogP contribution in [0.4, 0.5) is 5.69 Å². The van der Waals surface area contributed by atoms with E-state index < -0.39 is 6.10 Å². The summed E-state index contributed by atoms with van der Waals surface area (Å²) in [4.78, 5) is 16.7. The molecule has 0 heterocycles. The lowest BCUT2D eigenvalue weighted by Gasteiger charge is -2.33. The summed E-state index contributed by atoms with van der Waals surface area (Å²) in [6.45, 7) is 1.86. The molecule has 4 nitrogen and oxygen atoms in total. The number of rotatable bonds is 5. The van der Waals surface area contributed by atoms with Crippen LogP contribution in [0.15, 0.2) is 78.9 Å². The van der Waals surface area contributed by atoms with Crippen LogP contribution >= 0.6 is 0 Å². The van der Waals surface area contributed by atoms with Gasteiger partial charge in [0.15, 0.2) is 0 Å². The molecule has 0 fully saturated rings. The van der Waals surface area contributed by atoms with Crippen molar-refractivity contribution in [2.45, 2.75) is 13.0 Å². The van der Waals surface area contributed by atoms with Crippen LogP contribution in [0.2, 0.25) is 0 Å². The van der Waals surface area contributed by atoms with Crippen molar-refractivity contribution >= 4 is 33.5 Å². The van der Waals surface area contributed by atoms with Gasteiger partial charge in [0.05, 0.1) is 5.69 Å². The summed E-state index contributed by atoms with van der Waals surface area (Å²) in [5.74, 6) is 0. The number of carbonyl (C=O) groups excluding carboxylic acids is 1. The lowest BCUT2D eigenvalue weighted by molar-refractivity contribution is 0.0652. The number of nitrogens with zero attached hydrogens (tertiary/aromatic N) is 1. The molecule has 0 N–H and O–H groups in total. The fourth-order valence-corrected chi connectivity index (χ4v) is 3.46. The maximum Gasteiger partial charge on any atom is 0.150 e. The van der Waals surface area contributed by atoms with Crippen LogP contribution in [0.1, 0.15) is 28.9 Å². The summed E-state index contributed by atoms with van der Waals surface area (Å²) in [6.07, 6.45) is 0.234. The van der Waals surface area contributed by atoms with E-state index in [0.717, 1.165) is 27.1 Å². The first-order valence-electron chi connectivity index (χ1n) is 8.77. The Bertz CT molecular complexity index is 1070. The minimum atomic E-state index is -0.474. The van der Waals surface area contributed by atoms with Crippen molar-refractivity contribution in [1.82, 2.24) is 0 Å². The van der Waals surface area contributed by atoms with Crippen molar-refractivity contribution < 1.29 is 9.63 Å². The van der Waals surface area contributed by atoms with Crippen LogP contribution < -0.4 is 5.23 Å². The molecule has 4 aromatic carbocycles. The predicted molar refractivity (Wildman–Crippen MR) is 109 cm³/mol. The van der Waals surface area contributed by atoms with E-state index in [9.17, 15) is 10.0 Å². The lowest BCUT2D eigenvalue weighted by atomic mass is 9.94. The standard InChI is InChI=1S/C23H18NO3/c1-16(27-24(26)20-10-6-7-17(13-20)15-25)23-21-11-4-2-8-18(21)14-19-9-3-5-12-22(19)23/h2-16H,1H3/q-1. The van der Waals surface area contributed by atoms with Gasteiger partial charge < -0.3 is 10.4 Å². The fourth-order valence-electron chi connectivity index (χ4n) is 3.46. The fraction of sp³-hybridized carbons (Fsp3) is 0.0870. The van der Waals surface area contributed by atoms with Gasteiger partial charge in [0.2, 0.25) is 0 Å². The molecule has 0 radical (unpaired) electrons. The van der Waals surface area contributed by atoms with Crippen molar-refractivity contribution in [3.05, 3.63) is 95.2 Å². The third-order valence-corrected chi connectivity index (χ3v) is 4.69. The van der Waals surface area contributed by atoms with Crippen molar-refractivity contribution in [1.29, 1.82) is 0 Å². The van der Waals surface area contributed by atoms with E-state index in [2.05, 4.69) is 18.2 Å². The maximum absolute atomic E-state index is 12.5. The molecule has 4 rings (SSSR count). The second-order valence-corrected chi connectivity index (χ2v) is 6.45. The van der Waals surface area contributed by atoms with Crippen molar-refractivity contribution in [3.8, 4) is 0 Å². The molecule has 0 aliphatic carbocycles. The Morgan fingerprint density at radius 3 is 2.15 bits per heavy atom. The molecule has 0 aromatic heterocycles. The smallest absolute Gasteiger partial charge is 0.150 e. The zero-order valence-corrected chi connectivity index (χ0v) is 14.8. The normalized spacial score (nSPS) is 12.2. The van der Waals surface area contributed by atoms with E-state index >= 15 is 0 Å². The Hall–Kier alpha value is -3.21. The number of benzene rings is 4. The van der Waals surface area contributed by atoms with Crippen LogP contribution in [0.5, 0.6) is 0 Å². The molecule has 1 unspecified atom stereocenters. The SMILES string of the molecule is CC(ON([O-])c1cccc(C=O)c1)c1c2ccccc2cc2ccccc12. The number of hydrogen-bond acceptors (Lipinski definition) is 4. The van der Waals surface area contributed by atoms with Crippen LogP contribution in [0.25, 0.3) is 21.5 Å². The molecule has 0 aliphatic rings. The Morgan fingerprint density at radius 1 is 0.889 bits per heavy atom. The van der Waals surface area contributed by atoms with Gasteiger partial charge in [0.25, 0.3) is 0 Å². The van der Waals surface area contributed by atoms with E-state index in [1.165, 1.54) is 6.07 Å². The summed E-state index contributed by atoms with van der Waals surface area (Å²) in [5.41, 5.74) is 1.69. The van der Waals surface area contributed by atoms with Gasteiger partial charge in [0.1, 0.15) is 12.4 Å². The Balaban J connectivity index is 1.77. The molecule has 134 valence electrons. The van der Waals surface area contributed by atoms with Gasteiger partial charge >= 0.3 is 0 Å². The van der Waals surface area contributed by atoms with Crippen LogP contribution in [0, 0.1) is 5.21 Å². The monoisotopic (exact) mass is 356 g/mol. The van der Waals surface area contributed by atoms with Gasteiger partial charge in [-0.3, -0.25) is 9.63 Å². The van der Waals surface area contributed by atoms with E-state index in [1.807, 2.05) is 43.3 Å². The Kier molecular flexibility index (Phi) is 4.59. The first-order chi connectivity index (χ1) is 13.2. The highest BCUT2D eigenvalue weighted by atomic mass is 16.9. The van der Waals surface area contributed by atoms with E-state index in [-0.39, 0.29) is 5.69 Å². The quantitative estimate of drug-likeness (QED) is 0.257. The first kappa shape index (κ1) is 17.2. The average molecular weight is 356 g/mol. The maximum atomic E-state index is 12.5. The first-order valence-corrected chi connectivity index (χ1v) is 8.77. The summed E-state index contributed by atoms with van der Waals surface area (Å²) in [7, 11) is 0. The molecule has 0 saturated heterocycles. The molecule has 27 heavy (non-hydrogen) atoms. The number of anilines is 1. The summed E-state index contributed by atoms with van der Waals surface area (Å²) in [6, 6.07) is 24.7. The number of hydrogen-bond donors (Lipinski definition) is 0. The molecule has 1 atom stereocenters. The van der Waals surface area contributed by atoms with Crippen molar-refractivity contribution in [2.75, 3.05) is 5.23 Å². The van der Waals surface area contributed by atoms with Gasteiger partial charge in [-0.05, 0) is 52.2 Å². The zero-order valence-electron chi connectivity index (χ0n) is 14.8. The highest BCUT2D eigenvalue weighted by Crippen LogP contribution is 2.35. The van der Waals surface area contributed by atoms with E-state index in [0.29, 0.717) is 17.1 Å². The molecular formula is C23H18NO3-. The number of fused-ring (bicyclic) bond motifs is 2. The molecule has 0 aliphatic heterocycles. The van der Waals surface area contributed by atoms with Crippen molar-refractivity contribution in [2.24, 2.45) is 0 Å². The third-order valence-electron chi connectivity index (χ3n) is 4.69. The number of aldehydes is 1. The summed E-state index contributed by atoms with van der Waals surface area (Å²) in [5, 5.41) is 17.3. The molecule has 0 bridgehead atoms. The lowest BCUT2D eigenvalue weighted by Crippen LogP contribution is -2.18. The minimum absolute atomic E-state index is 0.288. The van der Waals surface area contributed by atoms with E-state index in [4.69, 9.17) is 4.84 Å². The second-order valence-electron chi connectivity index (χ2n) is 6.45. The van der Waals surface area contributed by atoms with E-state index in [1.54, 1.807) is 18.2 Å². The second kappa shape index (κ2) is 7.19. The highest BCUT2D eigenvalue weighted by Gasteiger charge is 2.16. The zero-order chi connectivity index (χ0) is 18.8. The summed E-state index contributed by atoms with van der Waals surface area (Å²) >= 11 is 0. The van der Waals surface area contributed by atoms with Gasteiger partial charge in [-0.15, -0.1) is 0 Å². The Morgan fingerprint density at radius 2 is 1.52 bits per heavy atom. The largest absolute Gasteiger partial charge is 0.733 e. The van der Waals surface area contributed by atoms with Crippen LogP contribution in [-0.4, -0.2) is 6.29 Å². The molecule has 0 saturated carbocycles. The molecule has 0 amide bonds. The predicted octanol–water partition coefficient (Wildman–Crippen LogP) is 5.80. The van der Waals surface area contributed by atoms with Gasteiger partial charge in [-0.1, -0.05) is 60.7 Å². The molecule has 4 heteroatoms. The van der Waals surface area contributed by atoms with Gasteiger partial charge in [-0.25, -0.2) is 0 Å². The minimum Gasteiger partial charge on any atom is -0.733 e. The Labute approximate surface area is 157 Å². The van der Waals surface area contributed by atoms with Crippen LogP contribution in [0.3, 0.4) is 0 Å². The molecule has 0 spiro atoms. The average Bonchev–Trinajstić information content (AvgIpc) is 2.71. The third kappa shape index (κ3) is 3.28. The van der Waals surface area contributed by atoms with Crippen molar-refractivity contribution in [3.63, 3.8) is 0 Å².